The smallest absolute Gasteiger partial charge is 0.225 e. The van der Waals surface area contributed by atoms with Gasteiger partial charge in [-0.05, 0) is 19.3 Å². The first-order valence-electron chi connectivity index (χ1n) is 8.25. The molecule has 2 aliphatic rings. The molecule has 23 heavy (non-hydrogen) atoms. The summed E-state index contributed by atoms with van der Waals surface area (Å²) in [6, 6.07) is 0. The minimum Gasteiger partial charge on any atom is -0.381 e. The molecule has 1 N–H and O–H groups in total. The molecule has 0 aromatic carbocycles. The summed E-state index contributed by atoms with van der Waals surface area (Å²) < 4.78 is 21.8. The fourth-order valence-corrected chi connectivity index (χ4v) is 3.08. The van der Waals surface area contributed by atoms with Crippen molar-refractivity contribution in [3.8, 4) is 0 Å². The van der Waals surface area contributed by atoms with Crippen LogP contribution in [0.3, 0.4) is 0 Å². The van der Waals surface area contributed by atoms with Crippen molar-refractivity contribution in [2.45, 2.75) is 31.5 Å². The van der Waals surface area contributed by atoms with Crippen LogP contribution in [0.5, 0.6) is 0 Å². The van der Waals surface area contributed by atoms with E-state index in [1.54, 1.807) is 10.9 Å². The lowest BCUT2D eigenvalue weighted by Gasteiger charge is -2.36. The second-order valence-corrected chi connectivity index (χ2v) is 6.44. The van der Waals surface area contributed by atoms with Gasteiger partial charge in [0.2, 0.25) is 5.91 Å². The largest absolute Gasteiger partial charge is 0.381 e. The molecular formula is C15H24FN5O2. The molecule has 2 saturated heterocycles. The number of piperidine rings is 1. The molecule has 1 unspecified atom stereocenters. The van der Waals surface area contributed by atoms with Crippen LogP contribution in [0.4, 0.5) is 4.39 Å². The Morgan fingerprint density at radius 2 is 2.22 bits per heavy atom. The molecule has 7 nitrogen and oxygen atoms in total. The Morgan fingerprint density at radius 3 is 2.87 bits per heavy atom. The van der Waals surface area contributed by atoms with Crippen molar-refractivity contribution in [3.05, 3.63) is 12.4 Å². The third-order valence-corrected chi connectivity index (χ3v) is 4.75. The molecule has 2 fully saturated rings. The number of nitrogens with one attached hydrogen (secondary N) is 1. The van der Waals surface area contributed by atoms with Gasteiger partial charge in [-0.25, -0.2) is 4.39 Å². The maximum absolute atomic E-state index is 14.8. The lowest BCUT2D eigenvalue weighted by molar-refractivity contribution is -0.125. The van der Waals surface area contributed by atoms with Crippen molar-refractivity contribution in [2.75, 3.05) is 39.4 Å². The van der Waals surface area contributed by atoms with E-state index in [0.717, 1.165) is 19.5 Å². The molecule has 1 aromatic rings. The lowest BCUT2D eigenvalue weighted by atomic mass is 9.93. The highest BCUT2D eigenvalue weighted by Crippen LogP contribution is 2.26. The number of carbonyl (C=O) groups excluding carboxylic acids is 1. The minimum absolute atomic E-state index is 0.0758. The van der Waals surface area contributed by atoms with E-state index in [4.69, 9.17) is 4.74 Å². The summed E-state index contributed by atoms with van der Waals surface area (Å²) in [4.78, 5) is 14.2. The van der Waals surface area contributed by atoms with Crippen molar-refractivity contribution in [1.29, 1.82) is 0 Å². The van der Waals surface area contributed by atoms with Crippen LogP contribution < -0.4 is 5.32 Å². The van der Waals surface area contributed by atoms with Crippen LogP contribution in [-0.2, 0) is 16.1 Å². The number of likely N-dealkylation sites (tertiary alicyclic amines) is 1. The van der Waals surface area contributed by atoms with E-state index in [1.165, 1.54) is 0 Å². The Morgan fingerprint density at radius 1 is 1.39 bits per heavy atom. The van der Waals surface area contributed by atoms with E-state index in [9.17, 15) is 9.18 Å². The Balaban J connectivity index is 1.37. The number of rotatable bonds is 6. The zero-order valence-electron chi connectivity index (χ0n) is 13.3. The van der Waals surface area contributed by atoms with Crippen LogP contribution in [0.25, 0.3) is 0 Å². The molecule has 2 aliphatic heterocycles. The van der Waals surface area contributed by atoms with Gasteiger partial charge in [0.05, 0.1) is 31.8 Å². The molecule has 128 valence electrons. The van der Waals surface area contributed by atoms with Gasteiger partial charge in [0, 0.05) is 32.4 Å². The fourth-order valence-electron chi connectivity index (χ4n) is 3.08. The Hall–Kier alpha value is -1.54. The average Bonchev–Trinajstić information content (AvgIpc) is 3.25. The van der Waals surface area contributed by atoms with Crippen molar-refractivity contribution in [1.82, 2.24) is 25.2 Å². The normalized spacial score (nSPS) is 24.7. The van der Waals surface area contributed by atoms with E-state index in [1.807, 2.05) is 6.20 Å². The second-order valence-electron chi connectivity index (χ2n) is 6.44. The zero-order valence-corrected chi connectivity index (χ0v) is 13.3. The first kappa shape index (κ1) is 16.3. The zero-order chi connectivity index (χ0) is 16.1. The Kier molecular flexibility index (Phi) is 5.22. The highest BCUT2D eigenvalue weighted by atomic mass is 19.1. The third-order valence-electron chi connectivity index (χ3n) is 4.75. The number of hydrogen-bond donors (Lipinski definition) is 1. The third kappa shape index (κ3) is 4.48. The topological polar surface area (TPSA) is 72.3 Å². The van der Waals surface area contributed by atoms with Crippen LogP contribution in [0.15, 0.2) is 12.4 Å². The summed E-state index contributed by atoms with van der Waals surface area (Å²) >= 11 is 0. The van der Waals surface area contributed by atoms with E-state index in [-0.39, 0.29) is 18.4 Å². The molecule has 8 heteroatoms. The molecule has 0 aliphatic carbocycles. The number of carbonyl (C=O) groups is 1. The highest BCUT2D eigenvalue weighted by molar-refractivity contribution is 5.79. The van der Waals surface area contributed by atoms with Gasteiger partial charge in [0.1, 0.15) is 5.67 Å². The van der Waals surface area contributed by atoms with E-state index in [2.05, 4.69) is 20.5 Å². The van der Waals surface area contributed by atoms with Crippen molar-refractivity contribution >= 4 is 5.91 Å². The standard InChI is InChI=1S/C15H24FN5O2/c16-15(12-17-14(22)13-1-10-23-11-13)2-5-20(6-3-15)8-9-21-7-4-18-19-21/h4,7,13H,1-3,5-6,8-12H2,(H,17,22). The second kappa shape index (κ2) is 7.35. The number of alkyl halides is 1. The molecule has 0 spiro atoms. The molecular weight excluding hydrogens is 301 g/mol. The maximum Gasteiger partial charge on any atom is 0.225 e. The number of ether oxygens (including phenoxy) is 1. The van der Waals surface area contributed by atoms with E-state index >= 15 is 0 Å². The molecule has 3 rings (SSSR count). The van der Waals surface area contributed by atoms with Crippen LogP contribution in [-0.4, -0.2) is 70.9 Å². The van der Waals surface area contributed by atoms with Gasteiger partial charge in [-0.2, -0.15) is 0 Å². The summed E-state index contributed by atoms with van der Waals surface area (Å²) in [7, 11) is 0. The summed E-state index contributed by atoms with van der Waals surface area (Å²) in [5, 5.41) is 10.5. The van der Waals surface area contributed by atoms with Gasteiger partial charge >= 0.3 is 0 Å². The molecule has 1 amide bonds. The summed E-state index contributed by atoms with van der Waals surface area (Å²) in [6.45, 7) is 4.20. The molecule has 1 atom stereocenters. The Labute approximate surface area is 135 Å². The van der Waals surface area contributed by atoms with Crippen molar-refractivity contribution < 1.29 is 13.9 Å². The number of amides is 1. The van der Waals surface area contributed by atoms with Crippen LogP contribution >= 0.6 is 0 Å². The van der Waals surface area contributed by atoms with Gasteiger partial charge < -0.3 is 15.0 Å². The summed E-state index contributed by atoms with van der Waals surface area (Å²) in [5.41, 5.74) is -1.29. The number of aromatic nitrogens is 3. The van der Waals surface area contributed by atoms with Gasteiger partial charge in [0.25, 0.3) is 0 Å². The molecule has 1 aromatic heterocycles. The van der Waals surface area contributed by atoms with Crippen LogP contribution in [0.1, 0.15) is 19.3 Å². The van der Waals surface area contributed by atoms with Crippen molar-refractivity contribution in [2.24, 2.45) is 5.92 Å². The summed E-state index contributed by atoms with van der Waals surface area (Å²) in [6.07, 6.45) is 5.12. The molecule has 0 bridgehead atoms. The fraction of sp³-hybridized carbons (Fsp3) is 0.800. The predicted octanol–water partition coefficient (Wildman–Crippen LogP) is 0.235. The first-order chi connectivity index (χ1) is 11.1. The van der Waals surface area contributed by atoms with Gasteiger partial charge in [-0.15, -0.1) is 5.10 Å². The minimum atomic E-state index is -1.29. The molecule has 3 heterocycles. The van der Waals surface area contributed by atoms with Gasteiger partial charge in [0.15, 0.2) is 0 Å². The SMILES string of the molecule is O=C(NCC1(F)CCN(CCn2ccnn2)CC1)C1CCOC1. The quantitative estimate of drug-likeness (QED) is 0.811. The van der Waals surface area contributed by atoms with Gasteiger partial charge in [-0.1, -0.05) is 5.21 Å². The van der Waals surface area contributed by atoms with Gasteiger partial charge in [-0.3, -0.25) is 9.48 Å². The predicted molar refractivity (Wildman–Crippen MR) is 81.5 cm³/mol. The first-order valence-corrected chi connectivity index (χ1v) is 8.25. The van der Waals surface area contributed by atoms with Crippen LogP contribution in [0.2, 0.25) is 0 Å². The average molecular weight is 325 g/mol. The van der Waals surface area contributed by atoms with E-state index in [0.29, 0.717) is 39.1 Å². The van der Waals surface area contributed by atoms with E-state index < -0.39 is 5.67 Å². The number of nitrogens with zero attached hydrogens (tertiary/aromatic N) is 4. The monoisotopic (exact) mass is 325 g/mol. The molecule has 0 radical (unpaired) electrons. The highest BCUT2D eigenvalue weighted by Gasteiger charge is 2.35. The maximum atomic E-state index is 14.8. The number of hydrogen-bond acceptors (Lipinski definition) is 5. The van der Waals surface area contributed by atoms with Crippen LogP contribution in [0, 0.1) is 5.92 Å². The molecule has 0 saturated carbocycles. The Bertz CT molecular complexity index is 496. The lowest BCUT2D eigenvalue weighted by Crippen LogP contribution is -2.49. The number of halogens is 1. The summed E-state index contributed by atoms with van der Waals surface area (Å²) in [5.74, 6) is -0.186. The van der Waals surface area contributed by atoms with Crippen molar-refractivity contribution in [3.63, 3.8) is 0 Å².